The van der Waals surface area contributed by atoms with Crippen molar-refractivity contribution in [2.45, 2.75) is 19.5 Å². The zero-order chi connectivity index (χ0) is 13.1. The van der Waals surface area contributed by atoms with Crippen molar-refractivity contribution >= 4 is 0 Å². The highest BCUT2D eigenvalue weighted by Crippen LogP contribution is 2.23. The molecule has 0 amide bonds. The summed E-state index contributed by atoms with van der Waals surface area (Å²) >= 11 is 0. The second-order valence-corrected chi connectivity index (χ2v) is 4.33. The molecule has 0 unspecified atom stereocenters. The molecule has 1 N–H and O–H groups in total. The highest BCUT2D eigenvalue weighted by atomic mass is 19.1. The summed E-state index contributed by atoms with van der Waals surface area (Å²) in [5.74, 6) is -0.812. The molecule has 18 heavy (non-hydrogen) atoms. The van der Waals surface area contributed by atoms with Crippen molar-refractivity contribution in [2.75, 3.05) is 7.05 Å². The van der Waals surface area contributed by atoms with Crippen LogP contribution in [0.25, 0.3) is 0 Å². The maximum absolute atomic E-state index is 13.6. The number of benzene rings is 1. The van der Waals surface area contributed by atoms with Gasteiger partial charge in [-0.2, -0.15) is 0 Å². The molecule has 0 fully saturated rings. The summed E-state index contributed by atoms with van der Waals surface area (Å²) in [5.41, 5.74) is 1.29. The molecular weight excluding hydrogens is 236 g/mol. The lowest BCUT2D eigenvalue weighted by Crippen LogP contribution is -2.23. The molecule has 0 aliphatic carbocycles. The first-order valence-electron chi connectivity index (χ1n) is 5.70. The molecule has 0 bridgehead atoms. The molecule has 1 aromatic carbocycles. The largest absolute Gasteiger partial charge is 0.347 e. The number of aromatic nitrogens is 2. The number of rotatable bonds is 4. The van der Waals surface area contributed by atoms with Crippen LogP contribution in [-0.4, -0.2) is 21.9 Å². The number of H-pyrrole nitrogens is 1. The molecule has 3 nitrogen and oxygen atoms in total. The van der Waals surface area contributed by atoms with Gasteiger partial charge in [0.2, 0.25) is 0 Å². The number of nitrogens with zero attached hydrogens (tertiary/aromatic N) is 2. The first-order valence-corrected chi connectivity index (χ1v) is 5.70. The molecule has 5 heteroatoms. The van der Waals surface area contributed by atoms with Crippen LogP contribution in [0.3, 0.4) is 0 Å². The predicted molar refractivity (Wildman–Crippen MR) is 64.8 cm³/mol. The van der Waals surface area contributed by atoms with Crippen molar-refractivity contribution in [2.24, 2.45) is 0 Å². The average molecular weight is 251 g/mol. The van der Waals surface area contributed by atoms with Gasteiger partial charge in [-0.25, -0.2) is 13.8 Å². The van der Waals surface area contributed by atoms with E-state index in [1.54, 1.807) is 12.5 Å². The molecule has 0 aliphatic heterocycles. The van der Waals surface area contributed by atoms with Crippen LogP contribution in [0.4, 0.5) is 8.78 Å². The SMILES string of the molecule is C[C@@H](c1cc(F)ccc1F)N(C)Cc1cnc[nH]1. The minimum Gasteiger partial charge on any atom is -0.347 e. The quantitative estimate of drug-likeness (QED) is 0.906. The van der Waals surface area contributed by atoms with E-state index in [4.69, 9.17) is 0 Å². The Morgan fingerprint density at radius 2 is 2.17 bits per heavy atom. The molecule has 2 rings (SSSR count). The van der Waals surface area contributed by atoms with Crippen LogP contribution >= 0.6 is 0 Å². The Bertz CT molecular complexity index is 511. The molecule has 1 aromatic heterocycles. The molecule has 0 radical (unpaired) electrons. The molecule has 1 heterocycles. The standard InChI is InChI=1S/C13H15F2N3/c1-9(12-5-10(14)3-4-13(12)15)18(2)7-11-6-16-8-17-11/h3-6,8-9H,7H2,1-2H3,(H,16,17)/t9-/m0/s1. The third-order valence-electron chi connectivity index (χ3n) is 3.04. The van der Waals surface area contributed by atoms with E-state index in [1.165, 1.54) is 6.07 Å². The molecule has 0 aliphatic rings. The van der Waals surface area contributed by atoms with Crippen LogP contribution in [0.15, 0.2) is 30.7 Å². The lowest BCUT2D eigenvalue weighted by atomic mass is 10.1. The van der Waals surface area contributed by atoms with Gasteiger partial charge in [0.25, 0.3) is 0 Å². The lowest BCUT2D eigenvalue weighted by Gasteiger charge is -2.24. The topological polar surface area (TPSA) is 31.9 Å². The first kappa shape index (κ1) is 12.7. The van der Waals surface area contributed by atoms with Gasteiger partial charge in [-0.3, -0.25) is 4.90 Å². The fourth-order valence-corrected chi connectivity index (χ4v) is 1.85. The van der Waals surface area contributed by atoms with E-state index in [2.05, 4.69) is 9.97 Å². The molecule has 0 spiro atoms. The maximum atomic E-state index is 13.6. The van der Waals surface area contributed by atoms with E-state index in [0.717, 1.165) is 17.8 Å². The third-order valence-corrected chi connectivity index (χ3v) is 3.04. The van der Waals surface area contributed by atoms with Crippen molar-refractivity contribution in [1.82, 2.24) is 14.9 Å². The Kier molecular flexibility index (Phi) is 3.72. The van der Waals surface area contributed by atoms with Gasteiger partial charge in [0.1, 0.15) is 11.6 Å². The van der Waals surface area contributed by atoms with Crippen molar-refractivity contribution in [3.63, 3.8) is 0 Å². The summed E-state index contributed by atoms with van der Waals surface area (Å²) in [6, 6.07) is 3.30. The maximum Gasteiger partial charge on any atom is 0.128 e. The molecular formula is C13H15F2N3. The highest BCUT2D eigenvalue weighted by Gasteiger charge is 2.17. The second kappa shape index (κ2) is 5.27. The summed E-state index contributed by atoms with van der Waals surface area (Å²) in [6.07, 6.45) is 3.31. The molecule has 1 atom stereocenters. The molecule has 96 valence electrons. The zero-order valence-electron chi connectivity index (χ0n) is 10.3. The van der Waals surface area contributed by atoms with Gasteiger partial charge < -0.3 is 4.98 Å². The van der Waals surface area contributed by atoms with Crippen molar-refractivity contribution in [3.8, 4) is 0 Å². The van der Waals surface area contributed by atoms with Crippen LogP contribution < -0.4 is 0 Å². The van der Waals surface area contributed by atoms with Crippen LogP contribution in [-0.2, 0) is 6.54 Å². The smallest absolute Gasteiger partial charge is 0.128 e. The Labute approximate surface area is 104 Å². The van der Waals surface area contributed by atoms with Crippen molar-refractivity contribution in [1.29, 1.82) is 0 Å². The summed E-state index contributed by atoms with van der Waals surface area (Å²) in [7, 11) is 1.86. The molecule has 0 saturated carbocycles. The summed E-state index contributed by atoms with van der Waals surface area (Å²) in [5, 5.41) is 0. The number of hydrogen-bond acceptors (Lipinski definition) is 2. The van der Waals surface area contributed by atoms with E-state index in [0.29, 0.717) is 12.1 Å². The summed E-state index contributed by atoms with van der Waals surface area (Å²) in [6.45, 7) is 2.44. The number of halogens is 2. The van der Waals surface area contributed by atoms with Gasteiger partial charge in [-0.05, 0) is 32.2 Å². The van der Waals surface area contributed by atoms with E-state index in [-0.39, 0.29) is 11.9 Å². The average Bonchev–Trinajstić information content (AvgIpc) is 2.84. The van der Waals surface area contributed by atoms with E-state index in [1.807, 2.05) is 18.9 Å². The van der Waals surface area contributed by atoms with Gasteiger partial charge in [0, 0.05) is 30.0 Å². The third kappa shape index (κ3) is 2.73. The van der Waals surface area contributed by atoms with Crippen LogP contribution in [0.2, 0.25) is 0 Å². The Morgan fingerprint density at radius 3 is 2.83 bits per heavy atom. The van der Waals surface area contributed by atoms with Crippen molar-refractivity contribution < 1.29 is 8.78 Å². The van der Waals surface area contributed by atoms with E-state index < -0.39 is 5.82 Å². The number of imidazole rings is 1. The van der Waals surface area contributed by atoms with Crippen LogP contribution in [0.5, 0.6) is 0 Å². The van der Waals surface area contributed by atoms with Gasteiger partial charge in [0.05, 0.1) is 6.33 Å². The lowest BCUT2D eigenvalue weighted by molar-refractivity contribution is 0.245. The number of nitrogens with one attached hydrogen (secondary N) is 1. The van der Waals surface area contributed by atoms with Gasteiger partial charge in [-0.1, -0.05) is 0 Å². The molecule has 0 saturated heterocycles. The van der Waals surface area contributed by atoms with E-state index in [9.17, 15) is 8.78 Å². The summed E-state index contributed by atoms with van der Waals surface area (Å²) < 4.78 is 26.8. The first-order chi connectivity index (χ1) is 8.58. The van der Waals surface area contributed by atoms with Gasteiger partial charge in [-0.15, -0.1) is 0 Å². The minimum absolute atomic E-state index is 0.219. The fraction of sp³-hybridized carbons (Fsp3) is 0.308. The van der Waals surface area contributed by atoms with Gasteiger partial charge >= 0.3 is 0 Å². The minimum atomic E-state index is -0.423. The predicted octanol–water partition coefficient (Wildman–Crippen LogP) is 2.88. The Balaban J connectivity index is 2.14. The second-order valence-electron chi connectivity index (χ2n) is 4.33. The monoisotopic (exact) mass is 251 g/mol. The fourth-order valence-electron chi connectivity index (χ4n) is 1.85. The number of aromatic amines is 1. The van der Waals surface area contributed by atoms with Crippen LogP contribution in [0.1, 0.15) is 24.2 Å². The zero-order valence-corrected chi connectivity index (χ0v) is 10.3. The number of hydrogen-bond donors (Lipinski definition) is 1. The summed E-state index contributed by atoms with van der Waals surface area (Å²) in [4.78, 5) is 8.82. The van der Waals surface area contributed by atoms with Gasteiger partial charge in [0.15, 0.2) is 0 Å². The van der Waals surface area contributed by atoms with Crippen molar-refractivity contribution in [3.05, 3.63) is 53.6 Å². The Morgan fingerprint density at radius 1 is 1.39 bits per heavy atom. The molecule has 2 aromatic rings. The van der Waals surface area contributed by atoms with E-state index >= 15 is 0 Å². The normalized spacial score (nSPS) is 12.9. The Hall–Kier alpha value is -1.75. The highest BCUT2D eigenvalue weighted by molar-refractivity contribution is 5.22. The van der Waals surface area contributed by atoms with Crippen LogP contribution in [0, 0.1) is 11.6 Å².